The number of fused-ring (bicyclic) bond motifs is 1. The van der Waals surface area contributed by atoms with Crippen LogP contribution in [0.3, 0.4) is 0 Å². The Balaban J connectivity index is 1.99. The summed E-state index contributed by atoms with van der Waals surface area (Å²) < 4.78 is 0. The average Bonchev–Trinajstić information content (AvgIpc) is 2.93. The van der Waals surface area contributed by atoms with E-state index in [2.05, 4.69) is 15.3 Å². The largest absolute Gasteiger partial charge is 0.326 e. The molecule has 2 heterocycles. The summed E-state index contributed by atoms with van der Waals surface area (Å²) in [6, 6.07) is 9.85. The Morgan fingerprint density at radius 1 is 1.27 bits per heavy atom. The second-order valence-electron chi connectivity index (χ2n) is 5.52. The van der Waals surface area contributed by atoms with Gasteiger partial charge in [-0.3, -0.25) is 4.79 Å². The molecule has 2 aromatic heterocycles. The summed E-state index contributed by atoms with van der Waals surface area (Å²) in [5.74, 6) is -0.0269. The molecule has 3 aromatic rings. The Bertz CT molecular complexity index is 806. The lowest BCUT2D eigenvalue weighted by molar-refractivity contribution is -0.118. The number of thiazole rings is 1. The standard InChI is InChI=1S/C17H17N3OS/c1-10(2)15(21)19-14-9-12(7-6-11(14)3)16-20-13-5-4-8-18-17(13)22-16/h4-10H,1-3H3,(H,19,21). The zero-order valence-corrected chi connectivity index (χ0v) is 13.6. The highest BCUT2D eigenvalue weighted by molar-refractivity contribution is 7.21. The lowest BCUT2D eigenvalue weighted by atomic mass is 10.1. The maximum absolute atomic E-state index is 11.9. The van der Waals surface area contributed by atoms with Gasteiger partial charge in [-0.15, -0.1) is 0 Å². The summed E-state index contributed by atoms with van der Waals surface area (Å²) in [5.41, 5.74) is 3.77. The number of nitrogens with one attached hydrogen (secondary N) is 1. The van der Waals surface area contributed by atoms with Crippen LogP contribution in [0.25, 0.3) is 20.9 Å². The van der Waals surface area contributed by atoms with Crippen molar-refractivity contribution < 1.29 is 4.79 Å². The van der Waals surface area contributed by atoms with Gasteiger partial charge in [-0.2, -0.15) is 0 Å². The van der Waals surface area contributed by atoms with E-state index in [0.717, 1.165) is 32.2 Å². The quantitative estimate of drug-likeness (QED) is 0.786. The fourth-order valence-electron chi connectivity index (χ4n) is 2.06. The summed E-state index contributed by atoms with van der Waals surface area (Å²) in [7, 11) is 0. The van der Waals surface area contributed by atoms with Crippen LogP contribution in [0.5, 0.6) is 0 Å². The van der Waals surface area contributed by atoms with E-state index in [0.29, 0.717) is 0 Å². The van der Waals surface area contributed by atoms with Crippen LogP contribution >= 0.6 is 11.3 Å². The predicted molar refractivity (Wildman–Crippen MR) is 91.1 cm³/mol. The van der Waals surface area contributed by atoms with Crippen molar-refractivity contribution in [3.8, 4) is 10.6 Å². The van der Waals surface area contributed by atoms with Gasteiger partial charge < -0.3 is 5.32 Å². The molecule has 0 aliphatic rings. The summed E-state index contributed by atoms with van der Waals surface area (Å²) in [6.07, 6.45) is 1.77. The third-order valence-corrected chi connectivity index (χ3v) is 4.46. The molecule has 4 nitrogen and oxygen atoms in total. The summed E-state index contributed by atoms with van der Waals surface area (Å²) >= 11 is 1.56. The molecule has 0 saturated carbocycles. The number of amides is 1. The van der Waals surface area contributed by atoms with E-state index in [1.165, 1.54) is 0 Å². The first-order valence-corrected chi connectivity index (χ1v) is 7.99. The number of carbonyl (C=O) groups excluding carboxylic acids is 1. The smallest absolute Gasteiger partial charge is 0.226 e. The number of aryl methyl sites for hydroxylation is 1. The van der Waals surface area contributed by atoms with Crippen LogP contribution in [0.2, 0.25) is 0 Å². The normalized spacial score (nSPS) is 11.1. The number of anilines is 1. The highest BCUT2D eigenvalue weighted by Gasteiger charge is 2.12. The first-order valence-electron chi connectivity index (χ1n) is 7.18. The fourth-order valence-corrected chi connectivity index (χ4v) is 2.96. The van der Waals surface area contributed by atoms with Crippen molar-refractivity contribution in [3.63, 3.8) is 0 Å². The van der Waals surface area contributed by atoms with Crippen LogP contribution < -0.4 is 5.32 Å². The number of nitrogens with zero attached hydrogens (tertiary/aromatic N) is 2. The number of benzene rings is 1. The Kier molecular flexibility index (Phi) is 3.90. The zero-order valence-electron chi connectivity index (χ0n) is 12.8. The van der Waals surface area contributed by atoms with E-state index in [4.69, 9.17) is 0 Å². The van der Waals surface area contributed by atoms with E-state index < -0.39 is 0 Å². The molecular formula is C17H17N3OS. The molecule has 5 heteroatoms. The third kappa shape index (κ3) is 2.85. The molecule has 1 amide bonds. The van der Waals surface area contributed by atoms with Crippen LogP contribution in [0, 0.1) is 12.8 Å². The van der Waals surface area contributed by atoms with E-state index in [9.17, 15) is 4.79 Å². The highest BCUT2D eigenvalue weighted by Crippen LogP contribution is 2.31. The molecule has 0 fully saturated rings. The molecule has 3 rings (SSSR count). The van der Waals surface area contributed by atoms with Gasteiger partial charge in [-0.1, -0.05) is 37.3 Å². The molecule has 0 spiro atoms. The van der Waals surface area contributed by atoms with E-state index in [1.807, 2.05) is 51.1 Å². The van der Waals surface area contributed by atoms with Crippen molar-refractivity contribution in [2.75, 3.05) is 5.32 Å². The first kappa shape index (κ1) is 14.7. The van der Waals surface area contributed by atoms with Crippen molar-refractivity contribution in [1.82, 2.24) is 9.97 Å². The molecule has 1 N–H and O–H groups in total. The van der Waals surface area contributed by atoms with Gasteiger partial charge in [-0.05, 0) is 30.7 Å². The fraction of sp³-hybridized carbons (Fsp3) is 0.235. The molecule has 1 aromatic carbocycles. The molecule has 0 unspecified atom stereocenters. The van der Waals surface area contributed by atoms with Crippen molar-refractivity contribution in [2.45, 2.75) is 20.8 Å². The Morgan fingerprint density at radius 3 is 2.82 bits per heavy atom. The molecule has 0 radical (unpaired) electrons. The summed E-state index contributed by atoms with van der Waals surface area (Å²) in [4.78, 5) is 21.8. The van der Waals surface area contributed by atoms with E-state index in [-0.39, 0.29) is 11.8 Å². The van der Waals surface area contributed by atoms with Gasteiger partial charge in [0.05, 0.1) is 0 Å². The van der Waals surface area contributed by atoms with Crippen molar-refractivity contribution in [3.05, 3.63) is 42.1 Å². The SMILES string of the molecule is Cc1ccc(-c2nc3cccnc3s2)cc1NC(=O)C(C)C. The van der Waals surface area contributed by atoms with Gasteiger partial charge >= 0.3 is 0 Å². The second kappa shape index (κ2) is 5.85. The molecular weight excluding hydrogens is 294 g/mol. The van der Waals surface area contributed by atoms with Crippen molar-refractivity contribution >= 4 is 33.3 Å². The van der Waals surface area contributed by atoms with Gasteiger partial charge in [0, 0.05) is 23.4 Å². The predicted octanol–water partition coefficient (Wildman–Crippen LogP) is 4.26. The first-order chi connectivity index (χ1) is 10.5. The van der Waals surface area contributed by atoms with Crippen LogP contribution in [0.1, 0.15) is 19.4 Å². The number of hydrogen-bond acceptors (Lipinski definition) is 4. The van der Waals surface area contributed by atoms with Crippen molar-refractivity contribution in [2.24, 2.45) is 5.92 Å². The third-order valence-electron chi connectivity index (χ3n) is 3.43. The number of hydrogen-bond donors (Lipinski definition) is 1. The van der Waals surface area contributed by atoms with Crippen LogP contribution in [0.4, 0.5) is 5.69 Å². The number of carbonyl (C=O) groups is 1. The van der Waals surface area contributed by atoms with Crippen molar-refractivity contribution in [1.29, 1.82) is 0 Å². The van der Waals surface area contributed by atoms with E-state index >= 15 is 0 Å². The van der Waals surface area contributed by atoms with Crippen LogP contribution in [-0.2, 0) is 4.79 Å². The maximum Gasteiger partial charge on any atom is 0.226 e. The van der Waals surface area contributed by atoms with Gasteiger partial charge in [0.1, 0.15) is 15.4 Å². The van der Waals surface area contributed by atoms with Gasteiger partial charge in [0.2, 0.25) is 5.91 Å². The van der Waals surface area contributed by atoms with Crippen LogP contribution in [0.15, 0.2) is 36.5 Å². The minimum atomic E-state index is -0.0466. The highest BCUT2D eigenvalue weighted by atomic mass is 32.1. The van der Waals surface area contributed by atoms with Crippen LogP contribution in [-0.4, -0.2) is 15.9 Å². The second-order valence-corrected chi connectivity index (χ2v) is 6.50. The lowest BCUT2D eigenvalue weighted by Crippen LogP contribution is -2.18. The monoisotopic (exact) mass is 311 g/mol. The molecule has 0 atom stereocenters. The summed E-state index contributed by atoms with van der Waals surface area (Å²) in [5, 5.41) is 3.89. The van der Waals surface area contributed by atoms with E-state index in [1.54, 1.807) is 17.5 Å². The number of aromatic nitrogens is 2. The van der Waals surface area contributed by atoms with Gasteiger partial charge in [0.15, 0.2) is 0 Å². The zero-order chi connectivity index (χ0) is 15.7. The Labute approximate surface area is 133 Å². The molecule has 0 aliphatic heterocycles. The summed E-state index contributed by atoms with van der Waals surface area (Å²) in [6.45, 7) is 5.75. The number of pyridine rings is 1. The van der Waals surface area contributed by atoms with Gasteiger partial charge in [0.25, 0.3) is 0 Å². The van der Waals surface area contributed by atoms with Gasteiger partial charge in [-0.25, -0.2) is 9.97 Å². The average molecular weight is 311 g/mol. The maximum atomic E-state index is 11.9. The minimum Gasteiger partial charge on any atom is -0.326 e. The Hall–Kier alpha value is -2.27. The topological polar surface area (TPSA) is 54.9 Å². The lowest BCUT2D eigenvalue weighted by Gasteiger charge is -2.11. The Morgan fingerprint density at radius 2 is 2.09 bits per heavy atom. The molecule has 112 valence electrons. The molecule has 0 aliphatic carbocycles. The molecule has 22 heavy (non-hydrogen) atoms. The minimum absolute atomic E-state index is 0.0196. The molecule has 0 bridgehead atoms. The number of rotatable bonds is 3. The molecule has 0 saturated heterocycles.